The first-order valence-corrected chi connectivity index (χ1v) is 7.50. The smallest absolute Gasteiger partial charge is 0.234 e. The van der Waals surface area contributed by atoms with Gasteiger partial charge in [-0.15, -0.1) is 11.8 Å². The Labute approximate surface area is 118 Å². The average Bonchev–Trinajstić information content (AvgIpc) is 3.21. The van der Waals surface area contributed by atoms with Crippen molar-refractivity contribution in [2.24, 2.45) is 5.73 Å². The van der Waals surface area contributed by atoms with E-state index in [2.05, 4.69) is 5.32 Å². The zero-order valence-electron chi connectivity index (χ0n) is 11.1. The Morgan fingerprint density at radius 2 is 2.37 bits per heavy atom. The lowest BCUT2D eigenvalue weighted by Crippen LogP contribution is -2.42. The van der Waals surface area contributed by atoms with E-state index in [-0.39, 0.29) is 11.9 Å². The summed E-state index contributed by atoms with van der Waals surface area (Å²) in [5.74, 6) is 1.46. The van der Waals surface area contributed by atoms with Crippen LogP contribution in [0.1, 0.15) is 19.3 Å². The Morgan fingerprint density at radius 3 is 3.00 bits per heavy atom. The average molecular weight is 280 g/mol. The van der Waals surface area contributed by atoms with E-state index in [1.165, 1.54) is 0 Å². The fourth-order valence-corrected chi connectivity index (χ4v) is 2.79. The van der Waals surface area contributed by atoms with E-state index in [0.29, 0.717) is 6.04 Å². The first-order chi connectivity index (χ1) is 9.19. The first kappa shape index (κ1) is 14.2. The number of nitrogens with two attached hydrogens (primary N) is 1. The number of carbonyl (C=O) groups excluding carboxylic acids is 1. The molecule has 0 saturated heterocycles. The minimum absolute atomic E-state index is 0.203. The maximum atomic E-state index is 11.3. The second kappa shape index (κ2) is 6.82. The topological polar surface area (TPSA) is 64.3 Å². The van der Waals surface area contributed by atoms with Crippen LogP contribution in [-0.2, 0) is 4.79 Å². The SMILES string of the molecule is COc1cccc(SCCC(NC2CC2)C(N)=O)c1. The van der Waals surface area contributed by atoms with Gasteiger partial charge in [0.05, 0.1) is 13.2 Å². The molecule has 104 valence electrons. The van der Waals surface area contributed by atoms with Gasteiger partial charge in [0.1, 0.15) is 5.75 Å². The van der Waals surface area contributed by atoms with Gasteiger partial charge in [0.2, 0.25) is 5.91 Å². The number of rotatable bonds is 8. The van der Waals surface area contributed by atoms with E-state index < -0.39 is 0 Å². The van der Waals surface area contributed by atoms with Crippen LogP contribution in [0, 0.1) is 0 Å². The molecule has 0 bridgehead atoms. The van der Waals surface area contributed by atoms with Crippen molar-refractivity contribution in [2.75, 3.05) is 12.9 Å². The molecule has 0 radical (unpaired) electrons. The summed E-state index contributed by atoms with van der Waals surface area (Å²) in [6.07, 6.45) is 3.08. The molecular weight excluding hydrogens is 260 g/mol. The summed E-state index contributed by atoms with van der Waals surface area (Å²) in [5.41, 5.74) is 5.41. The molecule has 0 spiro atoms. The second-order valence-electron chi connectivity index (χ2n) is 4.71. The summed E-state index contributed by atoms with van der Waals surface area (Å²) in [7, 11) is 1.66. The van der Waals surface area contributed by atoms with Crippen LogP contribution >= 0.6 is 11.8 Å². The van der Waals surface area contributed by atoms with Gasteiger partial charge in [-0.05, 0) is 43.2 Å². The van der Waals surface area contributed by atoms with Crippen molar-refractivity contribution in [1.29, 1.82) is 0 Å². The highest BCUT2D eigenvalue weighted by atomic mass is 32.2. The predicted molar refractivity (Wildman–Crippen MR) is 77.5 cm³/mol. The monoisotopic (exact) mass is 280 g/mol. The second-order valence-corrected chi connectivity index (χ2v) is 5.88. The molecule has 0 heterocycles. The molecule has 1 saturated carbocycles. The molecule has 1 atom stereocenters. The number of hydrogen-bond donors (Lipinski definition) is 2. The molecule has 1 aromatic carbocycles. The van der Waals surface area contributed by atoms with Crippen LogP contribution in [0.25, 0.3) is 0 Å². The van der Waals surface area contributed by atoms with Crippen LogP contribution in [0.4, 0.5) is 0 Å². The van der Waals surface area contributed by atoms with Crippen molar-refractivity contribution < 1.29 is 9.53 Å². The van der Waals surface area contributed by atoms with E-state index in [4.69, 9.17) is 10.5 Å². The number of amides is 1. The van der Waals surface area contributed by atoms with Gasteiger partial charge in [0.25, 0.3) is 0 Å². The van der Waals surface area contributed by atoms with E-state index in [1.54, 1.807) is 18.9 Å². The van der Waals surface area contributed by atoms with Crippen LogP contribution in [0.15, 0.2) is 29.2 Å². The molecular formula is C14H20N2O2S. The van der Waals surface area contributed by atoms with E-state index in [0.717, 1.165) is 35.7 Å². The minimum atomic E-state index is -0.252. The van der Waals surface area contributed by atoms with Gasteiger partial charge < -0.3 is 15.8 Å². The Hall–Kier alpha value is -1.20. The quantitative estimate of drug-likeness (QED) is 0.713. The summed E-state index contributed by atoms with van der Waals surface area (Å²) in [6, 6.07) is 8.23. The van der Waals surface area contributed by atoms with Crippen molar-refractivity contribution in [3.63, 3.8) is 0 Å². The third kappa shape index (κ3) is 4.76. The third-order valence-electron chi connectivity index (χ3n) is 3.07. The van der Waals surface area contributed by atoms with Crippen LogP contribution in [0.2, 0.25) is 0 Å². The number of ether oxygens (including phenoxy) is 1. The molecule has 1 aromatic rings. The summed E-state index contributed by atoms with van der Waals surface area (Å²) in [6.45, 7) is 0. The van der Waals surface area contributed by atoms with Crippen molar-refractivity contribution in [1.82, 2.24) is 5.32 Å². The fraction of sp³-hybridized carbons (Fsp3) is 0.500. The zero-order valence-corrected chi connectivity index (χ0v) is 11.9. The lowest BCUT2D eigenvalue weighted by molar-refractivity contribution is -0.120. The Balaban J connectivity index is 1.78. The van der Waals surface area contributed by atoms with Gasteiger partial charge >= 0.3 is 0 Å². The van der Waals surface area contributed by atoms with Crippen LogP contribution in [0.5, 0.6) is 5.75 Å². The summed E-state index contributed by atoms with van der Waals surface area (Å²) in [4.78, 5) is 12.5. The number of primary amides is 1. The Morgan fingerprint density at radius 1 is 1.58 bits per heavy atom. The van der Waals surface area contributed by atoms with Gasteiger partial charge in [-0.2, -0.15) is 0 Å². The molecule has 1 unspecified atom stereocenters. The Kier molecular flexibility index (Phi) is 5.10. The molecule has 0 aromatic heterocycles. The Bertz CT molecular complexity index is 435. The van der Waals surface area contributed by atoms with Crippen LogP contribution < -0.4 is 15.8 Å². The minimum Gasteiger partial charge on any atom is -0.497 e. The van der Waals surface area contributed by atoms with Crippen molar-refractivity contribution >= 4 is 17.7 Å². The maximum Gasteiger partial charge on any atom is 0.234 e. The lowest BCUT2D eigenvalue weighted by Gasteiger charge is -2.14. The van der Waals surface area contributed by atoms with Gasteiger partial charge in [0, 0.05) is 10.9 Å². The number of hydrogen-bond acceptors (Lipinski definition) is 4. The number of methoxy groups -OCH3 is 1. The predicted octanol–water partition coefficient (Wildman–Crippen LogP) is 1.78. The van der Waals surface area contributed by atoms with Crippen molar-refractivity contribution in [3.05, 3.63) is 24.3 Å². The molecule has 1 amide bonds. The largest absolute Gasteiger partial charge is 0.497 e. The molecule has 0 aliphatic heterocycles. The normalized spacial score (nSPS) is 16.1. The highest BCUT2D eigenvalue weighted by Gasteiger charge is 2.26. The standard InChI is InChI=1S/C14H20N2O2S/c1-18-11-3-2-4-12(9-11)19-8-7-13(14(15)17)16-10-5-6-10/h2-4,9-10,13,16H,5-8H2,1H3,(H2,15,17). The molecule has 1 fully saturated rings. The first-order valence-electron chi connectivity index (χ1n) is 6.51. The van der Waals surface area contributed by atoms with E-state index in [1.807, 2.05) is 24.3 Å². The van der Waals surface area contributed by atoms with Gasteiger partial charge in [-0.25, -0.2) is 0 Å². The van der Waals surface area contributed by atoms with Crippen LogP contribution in [0.3, 0.4) is 0 Å². The summed E-state index contributed by atoms with van der Waals surface area (Å²) in [5, 5.41) is 3.29. The van der Waals surface area contributed by atoms with Gasteiger partial charge in [0.15, 0.2) is 0 Å². The summed E-state index contributed by atoms with van der Waals surface area (Å²) >= 11 is 1.72. The molecule has 2 rings (SSSR count). The maximum absolute atomic E-state index is 11.3. The third-order valence-corrected chi connectivity index (χ3v) is 4.10. The molecule has 5 heteroatoms. The zero-order chi connectivity index (χ0) is 13.7. The fourth-order valence-electron chi connectivity index (χ4n) is 1.83. The highest BCUT2D eigenvalue weighted by Crippen LogP contribution is 2.24. The highest BCUT2D eigenvalue weighted by molar-refractivity contribution is 7.99. The number of benzene rings is 1. The summed E-state index contributed by atoms with van der Waals surface area (Å²) < 4.78 is 5.18. The van der Waals surface area contributed by atoms with E-state index in [9.17, 15) is 4.79 Å². The van der Waals surface area contributed by atoms with Gasteiger partial charge in [-0.3, -0.25) is 4.79 Å². The van der Waals surface area contributed by atoms with Gasteiger partial charge in [-0.1, -0.05) is 6.07 Å². The molecule has 4 nitrogen and oxygen atoms in total. The number of thioether (sulfide) groups is 1. The van der Waals surface area contributed by atoms with E-state index >= 15 is 0 Å². The molecule has 1 aliphatic rings. The molecule has 1 aliphatic carbocycles. The molecule has 19 heavy (non-hydrogen) atoms. The lowest BCUT2D eigenvalue weighted by atomic mass is 10.2. The number of nitrogens with one attached hydrogen (secondary N) is 1. The van der Waals surface area contributed by atoms with Crippen molar-refractivity contribution in [2.45, 2.75) is 36.2 Å². The van der Waals surface area contributed by atoms with Crippen LogP contribution in [-0.4, -0.2) is 30.9 Å². The van der Waals surface area contributed by atoms with Crippen molar-refractivity contribution in [3.8, 4) is 5.75 Å². The molecule has 3 N–H and O–H groups in total. The number of carbonyl (C=O) groups is 1.